The average molecular weight is 269 g/mol. The zero-order chi connectivity index (χ0) is 13.8. The lowest BCUT2D eigenvalue weighted by molar-refractivity contribution is 0.0200. The van der Waals surface area contributed by atoms with Gasteiger partial charge in [0.2, 0.25) is 0 Å². The molecule has 0 aliphatic heterocycles. The topological polar surface area (TPSA) is 21.3 Å². The largest absolute Gasteiger partial charge is 0.377 e. The van der Waals surface area contributed by atoms with Gasteiger partial charge >= 0.3 is 0 Å². The summed E-state index contributed by atoms with van der Waals surface area (Å²) >= 11 is 0. The Morgan fingerprint density at radius 1 is 0.895 bits per heavy atom. The summed E-state index contributed by atoms with van der Waals surface area (Å²) in [7, 11) is 0. The van der Waals surface area contributed by atoms with Crippen molar-refractivity contribution in [3.8, 4) is 0 Å². The monoisotopic (exact) mass is 269 g/mol. The Morgan fingerprint density at radius 2 is 1.68 bits per heavy atom. The van der Waals surface area contributed by atoms with E-state index in [1.165, 1.54) is 70.6 Å². The number of unbranched alkanes of at least 4 members (excludes halogenated alkanes) is 4. The summed E-state index contributed by atoms with van der Waals surface area (Å²) in [6.07, 6.45) is 15.0. The fourth-order valence-corrected chi connectivity index (χ4v) is 2.98. The first-order valence-electron chi connectivity index (χ1n) is 8.73. The van der Waals surface area contributed by atoms with Gasteiger partial charge in [-0.15, -0.1) is 0 Å². The minimum Gasteiger partial charge on any atom is -0.377 e. The van der Waals surface area contributed by atoms with Crippen molar-refractivity contribution >= 4 is 0 Å². The molecular formula is C17H35NO. The van der Waals surface area contributed by atoms with E-state index in [4.69, 9.17) is 4.74 Å². The van der Waals surface area contributed by atoms with Gasteiger partial charge in [0.15, 0.2) is 0 Å². The molecule has 0 bridgehead atoms. The van der Waals surface area contributed by atoms with Crippen molar-refractivity contribution in [3.05, 3.63) is 0 Å². The van der Waals surface area contributed by atoms with Gasteiger partial charge in [-0.2, -0.15) is 0 Å². The maximum atomic E-state index is 6.19. The van der Waals surface area contributed by atoms with Crippen LogP contribution in [0.1, 0.15) is 84.5 Å². The molecule has 2 nitrogen and oxygen atoms in total. The van der Waals surface area contributed by atoms with Crippen molar-refractivity contribution in [1.29, 1.82) is 0 Å². The molecule has 0 spiro atoms. The Kier molecular flexibility index (Phi) is 10.5. The Bertz CT molecular complexity index is 196. The van der Waals surface area contributed by atoms with E-state index in [0.717, 1.165) is 13.2 Å². The van der Waals surface area contributed by atoms with Gasteiger partial charge in [-0.25, -0.2) is 0 Å². The molecule has 114 valence electrons. The third-order valence-corrected chi connectivity index (χ3v) is 4.19. The number of hydrogen-bond donors (Lipinski definition) is 1. The Morgan fingerprint density at radius 3 is 2.47 bits per heavy atom. The van der Waals surface area contributed by atoms with Crippen molar-refractivity contribution in [2.24, 2.45) is 0 Å². The van der Waals surface area contributed by atoms with Crippen LogP contribution in [0.5, 0.6) is 0 Å². The van der Waals surface area contributed by atoms with Crippen molar-refractivity contribution in [2.75, 3.05) is 13.2 Å². The van der Waals surface area contributed by atoms with Crippen molar-refractivity contribution in [3.63, 3.8) is 0 Å². The van der Waals surface area contributed by atoms with Crippen LogP contribution in [-0.4, -0.2) is 25.3 Å². The standard InChI is InChI=1S/C17H35NO/c1-3-5-6-7-11-15-19-17-13-10-8-9-12-16(17)18-14-4-2/h16-18H,3-15H2,1-2H3. The van der Waals surface area contributed by atoms with E-state index >= 15 is 0 Å². The van der Waals surface area contributed by atoms with Crippen LogP contribution >= 0.6 is 0 Å². The second kappa shape index (κ2) is 11.7. The van der Waals surface area contributed by atoms with Crippen LogP contribution in [0.3, 0.4) is 0 Å². The number of hydrogen-bond acceptors (Lipinski definition) is 2. The molecule has 2 atom stereocenters. The molecule has 0 aromatic rings. The maximum absolute atomic E-state index is 6.19. The van der Waals surface area contributed by atoms with E-state index in [1.54, 1.807) is 0 Å². The van der Waals surface area contributed by atoms with Crippen LogP contribution in [0.25, 0.3) is 0 Å². The van der Waals surface area contributed by atoms with Gasteiger partial charge in [0.1, 0.15) is 0 Å². The highest BCUT2D eigenvalue weighted by molar-refractivity contribution is 4.80. The van der Waals surface area contributed by atoms with Crippen LogP contribution in [0.2, 0.25) is 0 Å². The molecule has 0 heterocycles. The summed E-state index contributed by atoms with van der Waals surface area (Å²) in [5.41, 5.74) is 0. The lowest BCUT2D eigenvalue weighted by Crippen LogP contribution is -2.41. The molecule has 0 saturated heterocycles. The smallest absolute Gasteiger partial charge is 0.0728 e. The lowest BCUT2D eigenvalue weighted by atomic mass is 10.1. The van der Waals surface area contributed by atoms with Gasteiger partial charge in [-0.1, -0.05) is 58.8 Å². The Labute approximate surface area is 120 Å². The molecule has 19 heavy (non-hydrogen) atoms. The quantitative estimate of drug-likeness (QED) is 0.459. The minimum absolute atomic E-state index is 0.472. The molecule has 1 aliphatic carbocycles. The van der Waals surface area contributed by atoms with Crippen molar-refractivity contribution in [2.45, 2.75) is 96.6 Å². The van der Waals surface area contributed by atoms with Gasteiger partial charge in [-0.3, -0.25) is 0 Å². The summed E-state index contributed by atoms with van der Waals surface area (Å²) in [6, 6.07) is 0.609. The summed E-state index contributed by atoms with van der Waals surface area (Å²) < 4.78 is 6.19. The highest BCUT2D eigenvalue weighted by Crippen LogP contribution is 2.21. The van der Waals surface area contributed by atoms with Crippen LogP contribution < -0.4 is 5.32 Å². The van der Waals surface area contributed by atoms with E-state index in [9.17, 15) is 0 Å². The van der Waals surface area contributed by atoms with Crippen LogP contribution in [0.4, 0.5) is 0 Å². The highest BCUT2D eigenvalue weighted by Gasteiger charge is 2.23. The Balaban J connectivity index is 2.18. The second-order valence-electron chi connectivity index (χ2n) is 6.02. The van der Waals surface area contributed by atoms with Crippen LogP contribution in [0.15, 0.2) is 0 Å². The third-order valence-electron chi connectivity index (χ3n) is 4.19. The first-order valence-corrected chi connectivity index (χ1v) is 8.73. The minimum atomic E-state index is 0.472. The van der Waals surface area contributed by atoms with E-state index in [1.807, 2.05) is 0 Å². The fraction of sp³-hybridized carbons (Fsp3) is 1.00. The molecule has 2 unspecified atom stereocenters. The molecule has 1 aliphatic rings. The summed E-state index contributed by atoms with van der Waals surface area (Å²) in [5, 5.41) is 3.70. The first kappa shape index (κ1) is 17.0. The first-order chi connectivity index (χ1) is 9.38. The predicted molar refractivity (Wildman–Crippen MR) is 83.7 cm³/mol. The molecular weight excluding hydrogens is 234 g/mol. The van der Waals surface area contributed by atoms with Gasteiger partial charge in [0.05, 0.1) is 6.10 Å². The third kappa shape index (κ3) is 7.94. The van der Waals surface area contributed by atoms with E-state index in [-0.39, 0.29) is 0 Å². The number of ether oxygens (including phenoxy) is 1. The number of rotatable bonds is 10. The SMILES string of the molecule is CCCCCCCOC1CCCCCC1NCCC. The van der Waals surface area contributed by atoms with E-state index in [0.29, 0.717) is 12.1 Å². The number of nitrogens with one attached hydrogen (secondary N) is 1. The van der Waals surface area contributed by atoms with Gasteiger partial charge in [0, 0.05) is 12.6 Å². The fourth-order valence-electron chi connectivity index (χ4n) is 2.98. The molecule has 1 fully saturated rings. The second-order valence-corrected chi connectivity index (χ2v) is 6.02. The summed E-state index contributed by atoms with van der Waals surface area (Å²) in [5.74, 6) is 0. The Hall–Kier alpha value is -0.0800. The molecule has 0 aromatic carbocycles. The van der Waals surface area contributed by atoms with Crippen LogP contribution in [0, 0.1) is 0 Å². The molecule has 0 radical (unpaired) electrons. The van der Waals surface area contributed by atoms with Crippen molar-refractivity contribution < 1.29 is 4.74 Å². The zero-order valence-electron chi connectivity index (χ0n) is 13.3. The average Bonchev–Trinajstić information content (AvgIpc) is 2.65. The van der Waals surface area contributed by atoms with Gasteiger partial charge < -0.3 is 10.1 Å². The van der Waals surface area contributed by atoms with E-state index < -0.39 is 0 Å². The molecule has 0 aromatic heterocycles. The van der Waals surface area contributed by atoms with E-state index in [2.05, 4.69) is 19.2 Å². The normalized spacial score (nSPS) is 24.3. The van der Waals surface area contributed by atoms with Crippen LogP contribution in [-0.2, 0) is 4.74 Å². The molecule has 0 amide bonds. The predicted octanol–water partition coefficient (Wildman–Crippen LogP) is 4.67. The van der Waals surface area contributed by atoms with Gasteiger partial charge in [-0.05, 0) is 32.2 Å². The summed E-state index contributed by atoms with van der Waals surface area (Å²) in [4.78, 5) is 0. The highest BCUT2D eigenvalue weighted by atomic mass is 16.5. The molecule has 2 heteroatoms. The lowest BCUT2D eigenvalue weighted by Gasteiger charge is -2.26. The molecule has 1 rings (SSSR count). The van der Waals surface area contributed by atoms with Gasteiger partial charge in [0.25, 0.3) is 0 Å². The molecule has 1 saturated carbocycles. The summed E-state index contributed by atoms with van der Waals surface area (Å²) in [6.45, 7) is 6.62. The zero-order valence-corrected chi connectivity index (χ0v) is 13.3. The molecule has 1 N–H and O–H groups in total. The van der Waals surface area contributed by atoms with Crippen molar-refractivity contribution in [1.82, 2.24) is 5.32 Å². The maximum Gasteiger partial charge on any atom is 0.0728 e.